The molecule has 4 aromatic rings. The van der Waals surface area contributed by atoms with Gasteiger partial charge in [0.05, 0.1) is 5.69 Å². The lowest BCUT2D eigenvalue weighted by Crippen LogP contribution is -2.07. The largest absolute Gasteiger partial charge is 0.340 e. The number of ketones is 1. The topological polar surface area (TPSA) is 46.9 Å². The van der Waals surface area contributed by atoms with Crippen LogP contribution in [0.25, 0.3) is 5.82 Å². The summed E-state index contributed by atoms with van der Waals surface area (Å²) in [6, 6.07) is 25.3. The number of anilines is 2. The smallest absolute Gasteiger partial charge is 0.165 e. The molecule has 0 saturated heterocycles. The van der Waals surface area contributed by atoms with Gasteiger partial charge < -0.3 is 9.88 Å². The Bertz CT molecular complexity index is 1200. The van der Waals surface area contributed by atoms with Crippen molar-refractivity contribution in [1.29, 1.82) is 0 Å². The molecule has 0 unspecified atom stereocenters. The Labute approximate surface area is 187 Å². The summed E-state index contributed by atoms with van der Waals surface area (Å²) >= 11 is 6.24. The molecule has 0 fully saturated rings. The third-order valence-electron chi connectivity index (χ3n) is 5.26. The number of hydrogen-bond acceptors (Lipinski definition) is 3. The number of benzene rings is 2. The second-order valence-electron chi connectivity index (χ2n) is 7.56. The van der Waals surface area contributed by atoms with Crippen molar-refractivity contribution in [3.63, 3.8) is 0 Å². The molecule has 2 aromatic heterocycles. The highest BCUT2D eigenvalue weighted by molar-refractivity contribution is 6.31. The summed E-state index contributed by atoms with van der Waals surface area (Å²) in [5.41, 5.74) is 4.64. The Hall–Kier alpha value is -3.37. The number of nitrogens with zero attached hydrogens (tertiary/aromatic N) is 2. The van der Waals surface area contributed by atoms with E-state index in [9.17, 15) is 4.79 Å². The first-order chi connectivity index (χ1) is 15.0. The van der Waals surface area contributed by atoms with E-state index in [1.54, 1.807) is 18.2 Å². The van der Waals surface area contributed by atoms with Crippen LogP contribution in [-0.2, 0) is 6.42 Å². The van der Waals surface area contributed by atoms with Gasteiger partial charge >= 0.3 is 0 Å². The minimum absolute atomic E-state index is 0.0660. The first-order valence-electron chi connectivity index (χ1n) is 10.3. The van der Waals surface area contributed by atoms with Gasteiger partial charge in [-0.15, -0.1) is 0 Å². The van der Waals surface area contributed by atoms with Crippen molar-refractivity contribution in [1.82, 2.24) is 9.55 Å². The zero-order chi connectivity index (χ0) is 21.8. The lowest BCUT2D eigenvalue weighted by atomic mass is 10.0. The third kappa shape index (κ3) is 4.86. The van der Waals surface area contributed by atoms with Gasteiger partial charge in [-0.2, -0.15) is 0 Å². The first-order valence-corrected chi connectivity index (χ1v) is 10.6. The number of aromatic nitrogens is 2. The molecule has 2 heterocycles. The lowest BCUT2D eigenvalue weighted by Gasteiger charge is -2.14. The predicted octanol–water partition coefficient (Wildman–Crippen LogP) is 6.70. The summed E-state index contributed by atoms with van der Waals surface area (Å²) in [7, 11) is 0. The summed E-state index contributed by atoms with van der Waals surface area (Å²) < 4.78 is 2.09. The number of hydrogen-bond donors (Lipinski definition) is 1. The summed E-state index contributed by atoms with van der Waals surface area (Å²) in [6.07, 6.45) is 1.12. The van der Waals surface area contributed by atoms with E-state index in [0.717, 1.165) is 22.8 Å². The van der Waals surface area contributed by atoms with E-state index in [1.165, 1.54) is 0 Å². The molecule has 31 heavy (non-hydrogen) atoms. The van der Waals surface area contributed by atoms with Gasteiger partial charge in [-0.1, -0.05) is 48.0 Å². The van der Waals surface area contributed by atoms with Crippen LogP contribution in [0.1, 0.15) is 33.7 Å². The average molecular weight is 430 g/mol. The van der Waals surface area contributed by atoms with Gasteiger partial charge in [-0.05, 0) is 68.3 Å². The minimum Gasteiger partial charge on any atom is -0.340 e. The molecule has 0 aliphatic rings. The van der Waals surface area contributed by atoms with E-state index in [-0.39, 0.29) is 5.78 Å². The molecule has 0 atom stereocenters. The van der Waals surface area contributed by atoms with Gasteiger partial charge in [-0.25, -0.2) is 4.98 Å². The molecule has 1 N–H and O–H groups in total. The van der Waals surface area contributed by atoms with Crippen molar-refractivity contribution in [2.24, 2.45) is 0 Å². The summed E-state index contributed by atoms with van der Waals surface area (Å²) in [6.45, 7) is 4.10. The fourth-order valence-corrected chi connectivity index (χ4v) is 3.86. The van der Waals surface area contributed by atoms with Crippen molar-refractivity contribution < 1.29 is 4.79 Å². The molecule has 0 saturated carbocycles. The first kappa shape index (κ1) is 20.9. The van der Waals surface area contributed by atoms with Gasteiger partial charge in [0.1, 0.15) is 11.6 Å². The van der Waals surface area contributed by atoms with E-state index >= 15 is 0 Å². The van der Waals surface area contributed by atoms with E-state index in [1.807, 2.05) is 48.5 Å². The fraction of sp³-hybridized carbons (Fsp3) is 0.154. The monoisotopic (exact) mass is 429 g/mol. The molecule has 2 aromatic carbocycles. The van der Waals surface area contributed by atoms with Crippen molar-refractivity contribution in [3.8, 4) is 5.82 Å². The van der Waals surface area contributed by atoms with Crippen LogP contribution in [-0.4, -0.2) is 15.3 Å². The van der Waals surface area contributed by atoms with Crippen LogP contribution in [0.4, 0.5) is 11.5 Å². The number of carbonyl (C=O) groups is 1. The Balaban J connectivity index is 1.58. The highest BCUT2D eigenvalue weighted by Gasteiger charge is 2.14. The quantitative estimate of drug-likeness (QED) is 0.332. The van der Waals surface area contributed by atoms with Gasteiger partial charge in [0.15, 0.2) is 5.78 Å². The van der Waals surface area contributed by atoms with Crippen LogP contribution < -0.4 is 5.32 Å². The number of nitrogens with one attached hydrogen (secondary N) is 1. The van der Waals surface area contributed by atoms with Gasteiger partial charge in [0.25, 0.3) is 0 Å². The molecule has 0 bridgehead atoms. The second kappa shape index (κ2) is 9.19. The number of carbonyl (C=O) groups excluding carboxylic acids is 1. The molecule has 156 valence electrons. The van der Waals surface area contributed by atoms with Gasteiger partial charge in [0, 0.05) is 28.4 Å². The number of aryl methyl sites for hydroxylation is 3. The minimum atomic E-state index is 0.0660. The molecule has 0 aliphatic carbocycles. The number of halogens is 1. The van der Waals surface area contributed by atoms with E-state index < -0.39 is 0 Å². The third-order valence-corrected chi connectivity index (χ3v) is 5.50. The number of pyridine rings is 1. The highest BCUT2D eigenvalue weighted by atomic mass is 35.5. The van der Waals surface area contributed by atoms with Crippen LogP contribution in [0.15, 0.2) is 78.9 Å². The fourth-order valence-electron chi connectivity index (χ4n) is 3.69. The number of rotatable bonds is 7. The Morgan fingerprint density at radius 3 is 2.42 bits per heavy atom. The van der Waals surface area contributed by atoms with E-state index in [2.05, 4.69) is 35.9 Å². The second-order valence-corrected chi connectivity index (χ2v) is 7.99. The summed E-state index contributed by atoms with van der Waals surface area (Å²) in [5, 5.41) is 3.87. The van der Waals surface area contributed by atoms with Crippen LogP contribution in [0, 0.1) is 13.8 Å². The van der Waals surface area contributed by atoms with E-state index in [0.29, 0.717) is 34.9 Å². The lowest BCUT2D eigenvalue weighted by molar-refractivity contribution is 0.0983. The van der Waals surface area contributed by atoms with Gasteiger partial charge in [-0.3, -0.25) is 4.79 Å². The van der Waals surface area contributed by atoms with Crippen molar-refractivity contribution in [2.75, 3.05) is 5.32 Å². The molecule has 0 radical (unpaired) electrons. The zero-order valence-corrected chi connectivity index (χ0v) is 18.4. The Morgan fingerprint density at radius 2 is 1.68 bits per heavy atom. The molecular formula is C26H24ClN3O. The van der Waals surface area contributed by atoms with Crippen LogP contribution in [0.5, 0.6) is 0 Å². The molecule has 0 amide bonds. The van der Waals surface area contributed by atoms with Crippen molar-refractivity contribution in [2.45, 2.75) is 26.7 Å². The van der Waals surface area contributed by atoms with Gasteiger partial charge in [0.2, 0.25) is 0 Å². The maximum Gasteiger partial charge on any atom is 0.165 e. The molecular weight excluding hydrogens is 406 g/mol. The van der Waals surface area contributed by atoms with Crippen LogP contribution in [0.2, 0.25) is 5.02 Å². The molecule has 0 spiro atoms. The predicted molar refractivity (Wildman–Crippen MR) is 127 cm³/mol. The SMILES string of the molecule is Cc1ccc(C)n1-c1cccc(Nc2cc(Cl)ccc2C(=O)CCc2ccccc2)n1. The normalized spacial score (nSPS) is 10.8. The summed E-state index contributed by atoms with van der Waals surface area (Å²) in [4.78, 5) is 17.7. The Kier molecular flexibility index (Phi) is 6.19. The van der Waals surface area contributed by atoms with Crippen LogP contribution in [0.3, 0.4) is 0 Å². The van der Waals surface area contributed by atoms with Crippen molar-refractivity contribution in [3.05, 3.63) is 106 Å². The molecule has 4 nitrogen and oxygen atoms in total. The standard InChI is InChI=1S/C26H24ClN3O/c1-18-11-12-19(2)30(18)26-10-6-9-25(29-26)28-23-17-21(27)14-15-22(23)24(31)16-13-20-7-4-3-5-8-20/h3-12,14-15,17H,13,16H2,1-2H3,(H,28,29). The number of Topliss-reactive ketones (excluding diaryl/α,β-unsaturated/α-hetero) is 1. The maximum atomic E-state index is 13.0. The van der Waals surface area contributed by atoms with Crippen molar-refractivity contribution >= 4 is 28.9 Å². The van der Waals surface area contributed by atoms with Crippen LogP contribution >= 0.6 is 11.6 Å². The molecule has 4 rings (SSSR count). The zero-order valence-electron chi connectivity index (χ0n) is 17.6. The molecule has 0 aliphatic heterocycles. The summed E-state index contributed by atoms with van der Waals surface area (Å²) in [5.74, 6) is 1.55. The maximum absolute atomic E-state index is 13.0. The molecule has 5 heteroatoms. The average Bonchev–Trinajstić information content (AvgIpc) is 3.11. The highest BCUT2D eigenvalue weighted by Crippen LogP contribution is 2.26. The Morgan fingerprint density at radius 1 is 0.935 bits per heavy atom. The van der Waals surface area contributed by atoms with E-state index in [4.69, 9.17) is 16.6 Å².